The first-order chi connectivity index (χ1) is 26.3. The molecule has 3 aliphatic heterocycles. The van der Waals surface area contributed by atoms with Crippen LogP contribution in [0.5, 0.6) is 5.75 Å². The molecule has 5 atom stereocenters. The van der Waals surface area contributed by atoms with E-state index in [-0.39, 0.29) is 49.2 Å². The Morgan fingerprint density at radius 3 is 2.51 bits per heavy atom. The van der Waals surface area contributed by atoms with Gasteiger partial charge in [-0.2, -0.15) is 0 Å². The molecule has 5 N–H and O–H groups in total. The lowest BCUT2D eigenvalue weighted by Gasteiger charge is -2.45. The van der Waals surface area contributed by atoms with E-state index in [1.807, 2.05) is 76.5 Å². The molecular weight excluding hydrogens is 719 g/mol. The second kappa shape index (κ2) is 15.6. The second-order valence-electron chi connectivity index (χ2n) is 15.8. The third kappa shape index (κ3) is 8.14. The van der Waals surface area contributed by atoms with Crippen LogP contribution in [-0.2, 0) is 14.4 Å². The number of nitrogens with one attached hydrogen (secondary N) is 3. The van der Waals surface area contributed by atoms with Crippen molar-refractivity contribution in [3.63, 3.8) is 0 Å². The number of aliphatic hydroxyl groups is 1. The number of benzene rings is 2. The number of aromatic hydroxyl groups is 1. The number of aliphatic hydroxyl groups excluding tert-OH is 1. The Bertz CT molecular complexity index is 2050. The van der Waals surface area contributed by atoms with Crippen molar-refractivity contribution >= 4 is 40.6 Å². The number of aromatic nitrogens is 3. The van der Waals surface area contributed by atoms with Gasteiger partial charge in [-0.3, -0.25) is 19.3 Å². The number of β-amino-alcohol motifs (C(OH)–C–C–N with tert-alkyl or cyclic N) is 1. The fraction of sp³-hybridized carbons (Fsp3) is 0.450. The van der Waals surface area contributed by atoms with Crippen LogP contribution >= 0.6 is 11.3 Å². The van der Waals surface area contributed by atoms with E-state index in [2.05, 4.69) is 40.9 Å². The van der Waals surface area contributed by atoms with Gasteiger partial charge in [-0.1, -0.05) is 57.2 Å². The summed E-state index contributed by atoms with van der Waals surface area (Å²) in [5.74, 6) is -0.218. The first-order valence-corrected chi connectivity index (χ1v) is 19.6. The summed E-state index contributed by atoms with van der Waals surface area (Å²) in [5, 5.41) is 39.2. The Labute approximate surface area is 325 Å². The number of para-hydroxylation sites is 1. The molecule has 0 spiro atoms. The zero-order chi connectivity index (χ0) is 39.0. The Hall–Kier alpha value is -5.12. The van der Waals surface area contributed by atoms with Crippen molar-refractivity contribution in [3.05, 3.63) is 71.4 Å². The van der Waals surface area contributed by atoms with Gasteiger partial charge in [-0.05, 0) is 48.6 Å². The summed E-state index contributed by atoms with van der Waals surface area (Å²) < 4.78 is 0. The van der Waals surface area contributed by atoms with E-state index in [1.165, 1.54) is 4.90 Å². The smallest absolute Gasteiger partial charge is 0.246 e. The number of phenols is 1. The molecule has 0 bridgehead atoms. The SMILES string of the molecule is Cc1ncsc1-c1ccc(C(C)NC(=O)[C@@H]2C[C@@H](O)CN2C(=O)C(NC(=O)CN2CCN3c4cc(-c5ccccc5O)nnc4NC[C@@H]3C2)C(C)(C)C)cc1. The molecule has 290 valence electrons. The number of carbonyl (C=O) groups is 3. The van der Waals surface area contributed by atoms with Crippen LogP contribution in [-0.4, -0.2) is 116 Å². The molecule has 2 aromatic heterocycles. The number of hydrogen-bond donors (Lipinski definition) is 5. The molecule has 0 radical (unpaired) electrons. The number of aryl methyl sites for hydroxylation is 1. The van der Waals surface area contributed by atoms with Gasteiger partial charge in [0.15, 0.2) is 5.82 Å². The summed E-state index contributed by atoms with van der Waals surface area (Å²) in [5.41, 5.74) is 6.17. The van der Waals surface area contributed by atoms with Crippen LogP contribution in [0.15, 0.2) is 60.1 Å². The molecule has 3 amide bonds. The van der Waals surface area contributed by atoms with Crippen LogP contribution < -0.4 is 20.9 Å². The third-order valence-corrected chi connectivity index (χ3v) is 11.7. The standard InChI is InChI=1S/C40H49N9O5S/c1-23(25-10-12-26(13-11-25)35-24(2)42-22-55-35)43-38(53)32-16-28(50)20-49(32)39(54)36(40(3,4)5)44-34(52)21-47-14-15-48-27(19-47)18-41-37-31(48)17-30(45-46-37)29-8-6-7-9-33(29)51/h6-13,17,22-23,27-28,32,36,50-51H,14-16,18-21H2,1-5H3,(H,41,46)(H,43,53)(H,44,52)/t23?,27-,28-,32+,36?/m1/s1. The number of fused-ring (bicyclic) bond motifs is 3. The minimum atomic E-state index is -0.920. The molecule has 2 fully saturated rings. The van der Waals surface area contributed by atoms with Crippen molar-refractivity contribution in [2.75, 3.05) is 49.5 Å². The largest absolute Gasteiger partial charge is 0.507 e. The summed E-state index contributed by atoms with van der Waals surface area (Å²) in [7, 11) is 0. The van der Waals surface area contributed by atoms with Gasteiger partial charge in [-0.15, -0.1) is 21.5 Å². The van der Waals surface area contributed by atoms with Crippen molar-refractivity contribution in [2.45, 2.75) is 71.3 Å². The highest BCUT2D eigenvalue weighted by Gasteiger charge is 2.45. The van der Waals surface area contributed by atoms with Gasteiger partial charge in [0.25, 0.3) is 0 Å². The Morgan fingerprint density at radius 1 is 1.04 bits per heavy atom. The van der Waals surface area contributed by atoms with Gasteiger partial charge in [0.1, 0.15) is 17.8 Å². The van der Waals surface area contributed by atoms with Gasteiger partial charge >= 0.3 is 0 Å². The van der Waals surface area contributed by atoms with Gasteiger partial charge < -0.3 is 36.0 Å². The number of likely N-dealkylation sites (tertiary alicyclic amines) is 1. The molecule has 7 rings (SSSR count). The van der Waals surface area contributed by atoms with Crippen molar-refractivity contribution in [1.29, 1.82) is 0 Å². The zero-order valence-corrected chi connectivity index (χ0v) is 32.6. The summed E-state index contributed by atoms with van der Waals surface area (Å²) in [6.07, 6.45) is -0.750. The first-order valence-electron chi connectivity index (χ1n) is 18.7. The molecule has 2 unspecified atom stereocenters. The number of thiazole rings is 1. The second-order valence-corrected chi connectivity index (χ2v) is 16.7. The van der Waals surface area contributed by atoms with E-state index >= 15 is 0 Å². The molecular formula is C40H49N9O5S. The number of phenolic OH excluding ortho intramolecular Hbond substituents is 1. The topological polar surface area (TPSA) is 176 Å². The monoisotopic (exact) mass is 767 g/mol. The summed E-state index contributed by atoms with van der Waals surface area (Å²) in [6.45, 7) is 12.1. The minimum absolute atomic E-state index is 0.00471. The van der Waals surface area contributed by atoms with Gasteiger partial charge in [0.2, 0.25) is 17.7 Å². The predicted molar refractivity (Wildman–Crippen MR) is 212 cm³/mol. The highest BCUT2D eigenvalue weighted by atomic mass is 32.1. The molecule has 3 aliphatic rings. The van der Waals surface area contributed by atoms with Crippen LogP contribution in [0.4, 0.5) is 11.5 Å². The molecule has 14 nitrogen and oxygen atoms in total. The van der Waals surface area contributed by atoms with E-state index in [4.69, 9.17) is 0 Å². The lowest BCUT2D eigenvalue weighted by atomic mass is 9.85. The average molecular weight is 768 g/mol. The fourth-order valence-electron chi connectivity index (χ4n) is 7.74. The Kier molecular flexibility index (Phi) is 10.8. The van der Waals surface area contributed by atoms with Crippen LogP contribution in [0.25, 0.3) is 21.7 Å². The fourth-order valence-corrected chi connectivity index (χ4v) is 8.55. The number of anilines is 2. The van der Waals surface area contributed by atoms with E-state index in [9.17, 15) is 24.6 Å². The van der Waals surface area contributed by atoms with Crippen LogP contribution in [0.1, 0.15) is 51.4 Å². The Morgan fingerprint density at radius 2 is 1.80 bits per heavy atom. The maximum Gasteiger partial charge on any atom is 0.246 e. The molecule has 4 aromatic rings. The van der Waals surface area contributed by atoms with E-state index in [0.717, 1.165) is 27.4 Å². The molecule has 15 heteroatoms. The van der Waals surface area contributed by atoms with Crippen LogP contribution in [0.3, 0.4) is 0 Å². The first kappa shape index (κ1) is 38.2. The van der Waals surface area contributed by atoms with Crippen molar-refractivity contribution in [2.24, 2.45) is 5.41 Å². The van der Waals surface area contributed by atoms with E-state index in [1.54, 1.807) is 29.5 Å². The normalized spacial score (nSPS) is 20.9. The van der Waals surface area contributed by atoms with Crippen molar-refractivity contribution in [3.8, 4) is 27.4 Å². The van der Waals surface area contributed by atoms with Gasteiger partial charge in [-0.25, -0.2) is 4.98 Å². The number of nitrogens with zero attached hydrogens (tertiary/aromatic N) is 6. The zero-order valence-electron chi connectivity index (χ0n) is 31.8. The number of amides is 3. The minimum Gasteiger partial charge on any atom is -0.507 e. The number of piperazine rings is 1. The third-order valence-electron chi connectivity index (χ3n) is 10.8. The number of rotatable bonds is 9. The molecule has 0 aliphatic carbocycles. The number of hydrogen-bond acceptors (Lipinski definition) is 12. The Balaban J connectivity index is 0.974. The maximum absolute atomic E-state index is 14.2. The summed E-state index contributed by atoms with van der Waals surface area (Å²) >= 11 is 1.58. The lowest BCUT2D eigenvalue weighted by molar-refractivity contribution is -0.144. The summed E-state index contributed by atoms with van der Waals surface area (Å²) in [6, 6.07) is 14.9. The molecule has 0 saturated carbocycles. The number of carbonyl (C=O) groups excluding carboxylic acids is 3. The van der Waals surface area contributed by atoms with Gasteiger partial charge in [0.05, 0.1) is 52.2 Å². The van der Waals surface area contributed by atoms with Crippen molar-refractivity contribution in [1.82, 2.24) is 35.6 Å². The van der Waals surface area contributed by atoms with Crippen LogP contribution in [0.2, 0.25) is 0 Å². The maximum atomic E-state index is 14.2. The highest BCUT2D eigenvalue weighted by Crippen LogP contribution is 2.36. The van der Waals surface area contributed by atoms with E-state index < -0.39 is 29.5 Å². The highest BCUT2D eigenvalue weighted by molar-refractivity contribution is 7.13. The average Bonchev–Trinajstić information content (AvgIpc) is 3.78. The molecule has 5 heterocycles. The molecule has 55 heavy (non-hydrogen) atoms. The van der Waals surface area contributed by atoms with Gasteiger partial charge in [0, 0.05) is 44.7 Å². The van der Waals surface area contributed by atoms with Crippen LogP contribution in [0, 0.1) is 12.3 Å². The predicted octanol–water partition coefficient (Wildman–Crippen LogP) is 3.57. The molecule has 2 saturated heterocycles. The lowest BCUT2D eigenvalue weighted by Crippen LogP contribution is -2.61. The summed E-state index contributed by atoms with van der Waals surface area (Å²) in [4.78, 5) is 52.8. The quantitative estimate of drug-likeness (QED) is 0.168. The van der Waals surface area contributed by atoms with E-state index in [0.29, 0.717) is 43.3 Å². The molecule has 2 aromatic carbocycles. The van der Waals surface area contributed by atoms with Crippen molar-refractivity contribution < 1.29 is 24.6 Å².